The molecule has 5 nitrogen and oxygen atoms in total. The standard InChI is InChI=1S/C19H21N3O2/c20-12-15-11-18(21-13-15)19(24)22-9-2-1-5-16(22)8-7-14-4-3-6-17(23)10-14/h3-4,6,10-11,13,16,21,23H,1-2,5,7-9H2. The maximum Gasteiger partial charge on any atom is 0.270 e. The molecule has 3 rings (SSSR count). The summed E-state index contributed by atoms with van der Waals surface area (Å²) in [6.45, 7) is 0.754. The Bertz CT molecular complexity index is 760. The molecule has 0 spiro atoms. The number of phenols is 1. The van der Waals surface area contributed by atoms with Crippen molar-refractivity contribution in [2.45, 2.75) is 38.1 Å². The Morgan fingerprint density at radius 3 is 3.00 bits per heavy atom. The van der Waals surface area contributed by atoms with E-state index in [2.05, 4.69) is 4.98 Å². The van der Waals surface area contributed by atoms with Crippen molar-refractivity contribution in [1.29, 1.82) is 5.26 Å². The normalized spacial score (nSPS) is 17.5. The van der Waals surface area contributed by atoms with Crippen LogP contribution >= 0.6 is 0 Å². The molecule has 1 amide bonds. The van der Waals surface area contributed by atoms with Gasteiger partial charge in [0.05, 0.1) is 5.56 Å². The van der Waals surface area contributed by atoms with Crippen molar-refractivity contribution < 1.29 is 9.90 Å². The van der Waals surface area contributed by atoms with Crippen LogP contribution in [0, 0.1) is 11.3 Å². The van der Waals surface area contributed by atoms with Crippen LogP contribution in [0.3, 0.4) is 0 Å². The smallest absolute Gasteiger partial charge is 0.270 e. The molecule has 1 aromatic heterocycles. The number of benzene rings is 1. The number of phenolic OH excluding ortho intramolecular Hbond substituents is 1. The molecule has 0 saturated carbocycles. The maximum absolute atomic E-state index is 12.8. The monoisotopic (exact) mass is 323 g/mol. The first-order valence-corrected chi connectivity index (χ1v) is 8.35. The molecule has 124 valence electrons. The molecule has 1 atom stereocenters. The fourth-order valence-corrected chi connectivity index (χ4v) is 3.35. The summed E-state index contributed by atoms with van der Waals surface area (Å²) in [5, 5.41) is 18.5. The number of likely N-dealkylation sites (tertiary alicyclic amines) is 1. The second-order valence-electron chi connectivity index (χ2n) is 6.27. The van der Waals surface area contributed by atoms with Crippen LogP contribution in [0.4, 0.5) is 0 Å². The van der Waals surface area contributed by atoms with E-state index in [4.69, 9.17) is 5.26 Å². The highest BCUT2D eigenvalue weighted by molar-refractivity contribution is 5.93. The average Bonchev–Trinajstić information content (AvgIpc) is 3.09. The predicted octanol–water partition coefficient (Wildman–Crippen LogP) is 3.22. The molecule has 2 heterocycles. The number of H-pyrrole nitrogens is 1. The molecule has 2 aromatic rings. The Hall–Kier alpha value is -2.74. The summed E-state index contributed by atoms with van der Waals surface area (Å²) in [4.78, 5) is 17.6. The molecule has 2 N–H and O–H groups in total. The highest BCUT2D eigenvalue weighted by Gasteiger charge is 2.28. The number of nitrogens with one attached hydrogen (secondary N) is 1. The number of carbonyl (C=O) groups excluding carboxylic acids is 1. The summed E-state index contributed by atoms with van der Waals surface area (Å²) in [5.41, 5.74) is 2.04. The fourth-order valence-electron chi connectivity index (χ4n) is 3.35. The molecular formula is C19H21N3O2. The zero-order valence-electron chi connectivity index (χ0n) is 13.5. The average molecular weight is 323 g/mol. The van der Waals surface area contributed by atoms with Crippen molar-refractivity contribution in [1.82, 2.24) is 9.88 Å². The molecule has 1 aromatic carbocycles. The number of aromatic amines is 1. The minimum absolute atomic E-state index is 0.0305. The van der Waals surface area contributed by atoms with E-state index < -0.39 is 0 Å². The third-order valence-corrected chi connectivity index (χ3v) is 4.61. The quantitative estimate of drug-likeness (QED) is 0.906. The number of nitrogens with zero attached hydrogens (tertiary/aromatic N) is 2. The molecule has 0 bridgehead atoms. The van der Waals surface area contributed by atoms with E-state index >= 15 is 0 Å². The molecule has 1 fully saturated rings. The van der Waals surface area contributed by atoms with Crippen molar-refractivity contribution in [2.24, 2.45) is 0 Å². The van der Waals surface area contributed by atoms with Gasteiger partial charge in [-0.25, -0.2) is 0 Å². The van der Waals surface area contributed by atoms with Crippen LogP contribution in [0.15, 0.2) is 36.5 Å². The van der Waals surface area contributed by atoms with E-state index in [-0.39, 0.29) is 17.7 Å². The first-order chi connectivity index (χ1) is 11.7. The van der Waals surface area contributed by atoms with Gasteiger partial charge in [0, 0.05) is 18.8 Å². The SMILES string of the molecule is N#Cc1c[nH]c(C(=O)N2CCCCC2CCc2cccc(O)c2)c1. The molecule has 1 aliphatic rings. The highest BCUT2D eigenvalue weighted by Crippen LogP contribution is 2.24. The number of piperidine rings is 1. The lowest BCUT2D eigenvalue weighted by atomic mass is 9.95. The Kier molecular flexibility index (Phi) is 4.85. The largest absolute Gasteiger partial charge is 0.508 e. The van der Waals surface area contributed by atoms with Crippen LogP contribution in [0.1, 0.15) is 47.3 Å². The number of carbonyl (C=O) groups is 1. The van der Waals surface area contributed by atoms with Gasteiger partial charge in [-0.15, -0.1) is 0 Å². The van der Waals surface area contributed by atoms with E-state index in [0.717, 1.165) is 44.2 Å². The number of aromatic nitrogens is 1. The van der Waals surface area contributed by atoms with E-state index in [1.165, 1.54) is 0 Å². The number of aryl methyl sites for hydroxylation is 1. The predicted molar refractivity (Wildman–Crippen MR) is 90.6 cm³/mol. The third-order valence-electron chi connectivity index (χ3n) is 4.61. The zero-order chi connectivity index (χ0) is 16.9. The summed E-state index contributed by atoms with van der Waals surface area (Å²) >= 11 is 0. The van der Waals surface area contributed by atoms with Crippen LogP contribution < -0.4 is 0 Å². The van der Waals surface area contributed by atoms with Crippen molar-refractivity contribution in [3.05, 3.63) is 53.3 Å². The van der Waals surface area contributed by atoms with Gasteiger partial charge in [-0.05, 0) is 55.9 Å². The second-order valence-corrected chi connectivity index (χ2v) is 6.27. The number of hydrogen-bond donors (Lipinski definition) is 2. The van der Waals surface area contributed by atoms with E-state index in [0.29, 0.717) is 11.3 Å². The number of rotatable bonds is 4. The van der Waals surface area contributed by atoms with E-state index in [1.807, 2.05) is 23.1 Å². The lowest BCUT2D eigenvalue weighted by Gasteiger charge is -2.35. The first-order valence-electron chi connectivity index (χ1n) is 8.35. The van der Waals surface area contributed by atoms with Crippen molar-refractivity contribution in [3.8, 4) is 11.8 Å². The maximum atomic E-state index is 12.8. The Morgan fingerprint density at radius 2 is 2.25 bits per heavy atom. The van der Waals surface area contributed by atoms with Gasteiger partial charge in [0.15, 0.2) is 0 Å². The summed E-state index contributed by atoms with van der Waals surface area (Å²) in [7, 11) is 0. The van der Waals surface area contributed by atoms with Gasteiger partial charge in [0.2, 0.25) is 0 Å². The number of amides is 1. The molecule has 24 heavy (non-hydrogen) atoms. The van der Waals surface area contributed by atoms with Crippen molar-refractivity contribution in [2.75, 3.05) is 6.54 Å². The van der Waals surface area contributed by atoms with E-state index in [9.17, 15) is 9.90 Å². The fraction of sp³-hybridized carbons (Fsp3) is 0.368. The lowest BCUT2D eigenvalue weighted by molar-refractivity contribution is 0.0596. The van der Waals surface area contributed by atoms with Crippen LogP contribution in [-0.2, 0) is 6.42 Å². The number of aromatic hydroxyl groups is 1. The van der Waals surface area contributed by atoms with Gasteiger partial charge >= 0.3 is 0 Å². The van der Waals surface area contributed by atoms with Gasteiger partial charge in [0.25, 0.3) is 5.91 Å². The Morgan fingerprint density at radius 1 is 1.38 bits per heavy atom. The van der Waals surface area contributed by atoms with Gasteiger partial charge in [-0.3, -0.25) is 4.79 Å². The molecule has 5 heteroatoms. The molecule has 1 unspecified atom stereocenters. The molecule has 1 aliphatic heterocycles. The van der Waals surface area contributed by atoms with Crippen LogP contribution in [-0.4, -0.2) is 33.5 Å². The van der Waals surface area contributed by atoms with Gasteiger partial charge in [-0.2, -0.15) is 5.26 Å². The zero-order valence-corrected chi connectivity index (χ0v) is 13.5. The van der Waals surface area contributed by atoms with Gasteiger partial charge in [0.1, 0.15) is 17.5 Å². The summed E-state index contributed by atoms with van der Waals surface area (Å²) < 4.78 is 0. The molecule has 1 saturated heterocycles. The topological polar surface area (TPSA) is 80.1 Å². The summed E-state index contributed by atoms with van der Waals surface area (Å²) in [6, 6.07) is 11.1. The first kappa shape index (κ1) is 16.1. The van der Waals surface area contributed by atoms with Crippen LogP contribution in [0.2, 0.25) is 0 Å². The summed E-state index contributed by atoms with van der Waals surface area (Å²) in [6.07, 6.45) is 6.41. The van der Waals surface area contributed by atoms with Gasteiger partial charge in [-0.1, -0.05) is 12.1 Å². The number of nitriles is 1. The third kappa shape index (κ3) is 3.60. The van der Waals surface area contributed by atoms with E-state index in [1.54, 1.807) is 24.4 Å². The second kappa shape index (κ2) is 7.22. The molecule has 0 radical (unpaired) electrons. The minimum Gasteiger partial charge on any atom is -0.508 e. The lowest BCUT2D eigenvalue weighted by Crippen LogP contribution is -2.44. The van der Waals surface area contributed by atoms with Crippen LogP contribution in [0.25, 0.3) is 0 Å². The number of hydrogen-bond acceptors (Lipinski definition) is 3. The molecular weight excluding hydrogens is 302 g/mol. The molecule has 0 aliphatic carbocycles. The Balaban J connectivity index is 1.68. The van der Waals surface area contributed by atoms with Crippen molar-refractivity contribution >= 4 is 5.91 Å². The highest BCUT2D eigenvalue weighted by atomic mass is 16.3. The Labute approximate surface area is 141 Å². The van der Waals surface area contributed by atoms with Gasteiger partial charge < -0.3 is 15.0 Å². The van der Waals surface area contributed by atoms with Crippen LogP contribution in [0.5, 0.6) is 5.75 Å². The summed E-state index contributed by atoms with van der Waals surface area (Å²) in [5.74, 6) is 0.247. The van der Waals surface area contributed by atoms with Crippen molar-refractivity contribution in [3.63, 3.8) is 0 Å². The minimum atomic E-state index is -0.0305.